The molecule has 3 nitrogen and oxygen atoms in total. The van der Waals surface area contributed by atoms with Crippen LogP contribution in [0, 0.1) is 0 Å². The number of hydrogen-bond donors (Lipinski definition) is 0. The molecule has 3 rings (SSSR count). The van der Waals surface area contributed by atoms with Crippen molar-refractivity contribution in [1.82, 2.24) is 9.55 Å². The molecule has 0 saturated heterocycles. The van der Waals surface area contributed by atoms with Gasteiger partial charge in [0.25, 0.3) is 0 Å². The summed E-state index contributed by atoms with van der Waals surface area (Å²) in [6, 6.07) is 8.24. The number of fused-ring (bicyclic) bond motifs is 1. The van der Waals surface area contributed by atoms with Crippen molar-refractivity contribution < 1.29 is 4.79 Å². The molecule has 1 aromatic heterocycles. The maximum absolute atomic E-state index is 12.6. The maximum Gasteiger partial charge on any atom is 0.205 e. The molecule has 0 aliphatic heterocycles. The molecule has 1 aliphatic carbocycles. The van der Waals surface area contributed by atoms with Gasteiger partial charge < -0.3 is 4.57 Å². The summed E-state index contributed by atoms with van der Waals surface area (Å²) in [5, 5.41) is 0. The maximum atomic E-state index is 12.6. The molecule has 0 saturated carbocycles. The molecule has 1 unspecified atom stereocenters. The molecule has 2 aromatic rings. The molecule has 0 spiro atoms. The van der Waals surface area contributed by atoms with Crippen LogP contribution in [0.3, 0.4) is 0 Å². The Morgan fingerprint density at radius 3 is 3.11 bits per heavy atom. The molecule has 0 fully saturated rings. The number of benzene rings is 1. The Hall–Kier alpha value is -1.90. The lowest BCUT2D eigenvalue weighted by molar-refractivity contribution is 0.0945. The van der Waals surface area contributed by atoms with Crippen molar-refractivity contribution in [3.05, 3.63) is 53.6 Å². The highest BCUT2D eigenvalue weighted by Crippen LogP contribution is 2.34. The van der Waals surface area contributed by atoms with Crippen LogP contribution in [-0.4, -0.2) is 15.3 Å². The second-order valence-corrected chi connectivity index (χ2v) is 4.69. The van der Waals surface area contributed by atoms with Gasteiger partial charge in [0.15, 0.2) is 5.82 Å². The molecule has 3 heteroatoms. The van der Waals surface area contributed by atoms with Gasteiger partial charge in [-0.2, -0.15) is 0 Å². The monoisotopic (exact) mass is 240 g/mol. The van der Waals surface area contributed by atoms with Gasteiger partial charge in [-0.25, -0.2) is 4.98 Å². The van der Waals surface area contributed by atoms with Gasteiger partial charge in [-0.1, -0.05) is 24.3 Å². The van der Waals surface area contributed by atoms with Crippen LogP contribution < -0.4 is 0 Å². The highest BCUT2D eigenvalue weighted by molar-refractivity contribution is 5.98. The Bertz CT molecular complexity index is 586. The Balaban J connectivity index is 1.96. The normalized spacial score (nSPS) is 17.7. The lowest BCUT2D eigenvalue weighted by Gasteiger charge is -2.11. The standard InChI is InChI=1S/C15H16N2O/c1-2-17-10-9-16-15(17)14(18)13-8-7-11-5-3-4-6-12(11)13/h3-6,9-10,13H,2,7-8H2,1H3. The van der Waals surface area contributed by atoms with E-state index in [0.717, 1.165) is 19.4 Å². The third kappa shape index (κ3) is 1.67. The fraction of sp³-hybridized carbons (Fsp3) is 0.333. The van der Waals surface area contributed by atoms with Gasteiger partial charge >= 0.3 is 0 Å². The van der Waals surface area contributed by atoms with E-state index in [1.807, 2.05) is 29.8 Å². The Morgan fingerprint density at radius 1 is 1.44 bits per heavy atom. The largest absolute Gasteiger partial charge is 0.329 e. The summed E-state index contributed by atoms with van der Waals surface area (Å²) in [6.07, 6.45) is 5.49. The number of carbonyl (C=O) groups excluding carboxylic acids is 1. The number of aromatic nitrogens is 2. The Morgan fingerprint density at radius 2 is 2.28 bits per heavy atom. The number of imidazole rings is 1. The molecule has 1 atom stereocenters. The molecule has 0 bridgehead atoms. The Kier molecular flexibility index (Phi) is 2.74. The highest BCUT2D eigenvalue weighted by Gasteiger charge is 2.30. The summed E-state index contributed by atoms with van der Waals surface area (Å²) < 4.78 is 1.92. The van der Waals surface area contributed by atoms with Crippen LogP contribution in [0.4, 0.5) is 0 Å². The SMILES string of the molecule is CCn1ccnc1C(=O)C1CCc2ccccc21. The van der Waals surface area contributed by atoms with Gasteiger partial charge in [0.1, 0.15) is 0 Å². The lowest BCUT2D eigenvalue weighted by atomic mass is 9.96. The van der Waals surface area contributed by atoms with Crippen molar-refractivity contribution in [1.29, 1.82) is 0 Å². The van der Waals surface area contributed by atoms with E-state index in [0.29, 0.717) is 5.82 Å². The molecule has 18 heavy (non-hydrogen) atoms. The van der Waals surface area contributed by atoms with Gasteiger partial charge in [-0.3, -0.25) is 4.79 Å². The van der Waals surface area contributed by atoms with Gasteiger partial charge in [0.2, 0.25) is 5.78 Å². The predicted octanol–water partition coefficient (Wildman–Crippen LogP) is 2.82. The summed E-state index contributed by atoms with van der Waals surface area (Å²) in [5.41, 5.74) is 2.50. The van der Waals surface area contributed by atoms with E-state index in [-0.39, 0.29) is 11.7 Å². The third-order valence-corrected chi connectivity index (χ3v) is 3.73. The van der Waals surface area contributed by atoms with E-state index in [1.54, 1.807) is 6.20 Å². The van der Waals surface area contributed by atoms with Gasteiger partial charge in [0.05, 0.1) is 5.92 Å². The minimum atomic E-state index is -0.00565. The van der Waals surface area contributed by atoms with Crippen molar-refractivity contribution in [3.63, 3.8) is 0 Å². The second kappa shape index (κ2) is 4.41. The fourth-order valence-corrected chi connectivity index (χ4v) is 2.77. The summed E-state index contributed by atoms with van der Waals surface area (Å²) >= 11 is 0. The summed E-state index contributed by atoms with van der Waals surface area (Å²) in [4.78, 5) is 16.8. The predicted molar refractivity (Wildman–Crippen MR) is 69.7 cm³/mol. The zero-order valence-corrected chi connectivity index (χ0v) is 10.5. The lowest BCUT2D eigenvalue weighted by Crippen LogP contribution is -2.16. The summed E-state index contributed by atoms with van der Waals surface area (Å²) in [6.45, 7) is 2.82. The van der Waals surface area contributed by atoms with Crippen molar-refractivity contribution in [2.75, 3.05) is 0 Å². The molecular weight excluding hydrogens is 224 g/mol. The molecule has 1 aliphatic rings. The van der Waals surface area contributed by atoms with E-state index in [1.165, 1.54) is 11.1 Å². The summed E-state index contributed by atoms with van der Waals surface area (Å²) in [7, 11) is 0. The van der Waals surface area contributed by atoms with Crippen LogP contribution in [0.2, 0.25) is 0 Å². The molecule has 1 aromatic carbocycles. The minimum absolute atomic E-state index is 0.00565. The van der Waals surface area contributed by atoms with E-state index in [4.69, 9.17) is 0 Å². The molecule has 92 valence electrons. The molecular formula is C15H16N2O. The number of nitrogens with zero attached hydrogens (tertiary/aromatic N) is 2. The highest BCUT2D eigenvalue weighted by atomic mass is 16.1. The van der Waals surface area contributed by atoms with Crippen molar-refractivity contribution in [2.24, 2.45) is 0 Å². The number of hydrogen-bond acceptors (Lipinski definition) is 2. The average Bonchev–Trinajstić information content (AvgIpc) is 3.04. The van der Waals surface area contributed by atoms with Crippen LogP contribution in [-0.2, 0) is 13.0 Å². The number of carbonyl (C=O) groups is 1. The number of Topliss-reactive ketones (excluding diaryl/α,β-unsaturated/α-hetero) is 1. The first-order valence-electron chi connectivity index (χ1n) is 6.44. The fourth-order valence-electron chi connectivity index (χ4n) is 2.77. The van der Waals surface area contributed by atoms with Crippen molar-refractivity contribution in [2.45, 2.75) is 32.2 Å². The average molecular weight is 240 g/mol. The minimum Gasteiger partial charge on any atom is -0.329 e. The number of aryl methyl sites for hydroxylation is 2. The van der Waals surface area contributed by atoms with Crippen LogP contribution in [0.15, 0.2) is 36.7 Å². The molecule has 0 radical (unpaired) electrons. The van der Waals surface area contributed by atoms with E-state index >= 15 is 0 Å². The molecule has 0 N–H and O–H groups in total. The number of rotatable bonds is 3. The van der Waals surface area contributed by atoms with Crippen molar-refractivity contribution >= 4 is 5.78 Å². The van der Waals surface area contributed by atoms with Crippen molar-refractivity contribution in [3.8, 4) is 0 Å². The van der Waals surface area contributed by atoms with E-state index in [9.17, 15) is 4.79 Å². The first-order chi connectivity index (χ1) is 8.81. The first-order valence-corrected chi connectivity index (χ1v) is 6.44. The number of ketones is 1. The molecule has 0 amide bonds. The summed E-state index contributed by atoms with van der Waals surface area (Å²) in [5.74, 6) is 0.750. The zero-order valence-electron chi connectivity index (χ0n) is 10.5. The topological polar surface area (TPSA) is 34.9 Å². The Labute approximate surface area is 106 Å². The van der Waals surface area contributed by atoms with Crippen LogP contribution in [0.1, 0.15) is 41.0 Å². The van der Waals surface area contributed by atoms with E-state index in [2.05, 4.69) is 17.1 Å². The first kappa shape index (κ1) is 11.2. The van der Waals surface area contributed by atoms with E-state index < -0.39 is 0 Å². The van der Waals surface area contributed by atoms with Gasteiger partial charge in [-0.15, -0.1) is 0 Å². The zero-order chi connectivity index (χ0) is 12.5. The van der Waals surface area contributed by atoms with Gasteiger partial charge in [-0.05, 0) is 30.9 Å². The molecule has 1 heterocycles. The van der Waals surface area contributed by atoms with Crippen LogP contribution >= 0.6 is 0 Å². The smallest absolute Gasteiger partial charge is 0.205 e. The van der Waals surface area contributed by atoms with Crippen LogP contribution in [0.25, 0.3) is 0 Å². The third-order valence-electron chi connectivity index (χ3n) is 3.73. The van der Waals surface area contributed by atoms with Gasteiger partial charge in [0, 0.05) is 18.9 Å². The van der Waals surface area contributed by atoms with Crippen LogP contribution in [0.5, 0.6) is 0 Å². The second-order valence-electron chi connectivity index (χ2n) is 4.69. The quantitative estimate of drug-likeness (QED) is 0.773.